The first-order valence-electron chi connectivity index (χ1n) is 6.84. The van der Waals surface area contributed by atoms with Crippen molar-refractivity contribution in [2.24, 2.45) is 0 Å². The molecule has 3 aromatic rings. The molecule has 4 heteroatoms. The Morgan fingerprint density at radius 1 is 0.773 bits per heavy atom. The molecule has 0 radical (unpaired) electrons. The van der Waals surface area contributed by atoms with Gasteiger partial charge >= 0.3 is 148 Å². The Morgan fingerprint density at radius 3 is 1.77 bits per heavy atom. The van der Waals surface area contributed by atoms with Crippen LogP contribution in [0.1, 0.15) is 9.67 Å². The summed E-state index contributed by atoms with van der Waals surface area (Å²) < 4.78 is 2.70. The van der Waals surface area contributed by atoms with Crippen molar-refractivity contribution < 1.29 is 4.79 Å². The Kier molecular flexibility index (Phi) is 5.66. The van der Waals surface area contributed by atoms with Crippen LogP contribution in [0, 0.1) is 0 Å². The van der Waals surface area contributed by atoms with Crippen LogP contribution in [0.3, 0.4) is 0 Å². The molecule has 0 unspecified atom stereocenters. The predicted octanol–water partition coefficient (Wildman–Crippen LogP) is 2.74. The summed E-state index contributed by atoms with van der Waals surface area (Å²) in [5.41, 5.74) is 0. The molecule has 0 N–H and O–H groups in total. The fraction of sp³-hybridized carbons (Fsp3) is 0.0556. The van der Waals surface area contributed by atoms with E-state index in [2.05, 4.69) is 48.5 Å². The van der Waals surface area contributed by atoms with Crippen LogP contribution < -0.4 is 8.92 Å². The third-order valence-corrected chi connectivity index (χ3v) is 10.0. The number of carbonyl (C=O) groups excluding carboxylic acids is 1. The van der Waals surface area contributed by atoms with Crippen LogP contribution in [0.5, 0.6) is 0 Å². The summed E-state index contributed by atoms with van der Waals surface area (Å²) in [4.78, 5) is 13.7. The molecule has 1 aromatic heterocycles. The topological polar surface area (TPSA) is 17.1 Å². The molecule has 22 heavy (non-hydrogen) atoms. The Bertz CT molecular complexity index is 670. The summed E-state index contributed by atoms with van der Waals surface area (Å²) in [5.74, 6) is 0.308. The van der Waals surface area contributed by atoms with Gasteiger partial charge in [-0.1, -0.05) is 0 Å². The first kappa shape index (κ1) is 15.7. The molecule has 0 saturated heterocycles. The van der Waals surface area contributed by atoms with Crippen molar-refractivity contribution in [3.05, 3.63) is 83.1 Å². The van der Waals surface area contributed by atoms with Crippen molar-refractivity contribution in [2.75, 3.05) is 0 Å². The van der Waals surface area contributed by atoms with Crippen molar-refractivity contribution in [3.63, 3.8) is 0 Å². The Balaban J connectivity index is 1.83. The van der Waals surface area contributed by atoms with Gasteiger partial charge in [-0.15, -0.1) is 0 Å². The van der Waals surface area contributed by atoms with E-state index in [1.807, 2.05) is 29.6 Å². The second-order valence-corrected chi connectivity index (χ2v) is 11.9. The van der Waals surface area contributed by atoms with Crippen molar-refractivity contribution in [3.8, 4) is 0 Å². The third-order valence-electron chi connectivity index (χ3n) is 2.95. The fourth-order valence-corrected chi connectivity index (χ4v) is 9.33. The van der Waals surface area contributed by atoms with Gasteiger partial charge in [0.15, 0.2) is 0 Å². The molecule has 0 aliphatic rings. The molecule has 0 saturated carbocycles. The van der Waals surface area contributed by atoms with Gasteiger partial charge in [0.1, 0.15) is 0 Å². The van der Waals surface area contributed by atoms with E-state index in [9.17, 15) is 4.79 Å². The van der Waals surface area contributed by atoms with E-state index in [4.69, 9.17) is 0 Å². The van der Waals surface area contributed by atoms with Crippen molar-refractivity contribution >= 4 is 56.0 Å². The number of carbonyl (C=O) groups is 1. The number of hydrogen-bond donors (Lipinski definition) is 0. The zero-order valence-electron chi connectivity index (χ0n) is 11.7. The standard InChI is InChI=1S/C18H14OSSe2/c19-17(16-12-7-13-20-16)18(21-14-8-3-1-4-9-14)22-15-10-5-2-6-11-15/h1-13,18H. The summed E-state index contributed by atoms with van der Waals surface area (Å²) in [7, 11) is 0. The quantitative estimate of drug-likeness (QED) is 0.429. The maximum absolute atomic E-state index is 12.9. The first-order valence-corrected chi connectivity index (χ1v) is 11.4. The molecule has 0 atom stereocenters. The average Bonchev–Trinajstić information content (AvgIpc) is 3.10. The second-order valence-electron chi connectivity index (χ2n) is 4.54. The van der Waals surface area contributed by atoms with Gasteiger partial charge in [0, 0.05) is 0 Å². The molecule has 0 amide bonds. The van der Waals surface area contributed by atoms with E-state index in [0.717, 1.165) is 4.88 Å². The Hall–Kier alpha value is -1.15. The van der Waals surface area contributed by atoms with Crippen LogP contribution in [0.2, 0.25) is 3.71 Å². The van der Waals surface area contributed by atoms with Crippen LogP contribution in [-0.4, -0.2) is 35.7 Å². The Morgan fingerprint density at radius 2 is 1.32 bits per heavy atom. The predicted molar refractivity (Wildman–Crippen MR) is 96.1 cm³/mol. The maximum atomic E-state index is 12.9. The van der Waals surface area contributed by atoms with E-state index in [1.165, 1.54) is 8.92 Å². The van der Waals surface area contributed by atoms with Gasteiger partial charge in [-0.25, -0.2) is 0 Å². The molecule has 110 valence electrons. The monoisotopic (exact) mass is 438 g/mol. The van der Waals surface area contributed by atoms with E-state index < -0.39 is 0 Å². The molecule has 1 nitrogen and oxygen atoms in total. The zero-order valence-corrected chi connectivity index (χ0v) is 16.0. The molecule has 0 aliphatic carbocycles. The van der Waals surface area contributed by atoms with Crippen molar-refractivity contribution in [1.29, 1.82) is 0 Å². The number of benzene rings is 2. The van der Waals surface area contributed by atoms with Gasteiger partial charge < -0.3 is 0 Å². The molecule has 3 rings (SSSR count). The Labute approximate surface area is 147 Å². The van der Waals surface area contributed by atoms with Gasteiger partial charge in [0.25, 0.3) is 0 Å². The minimum absolute atomic E-state index is 0.114. The molecule has 0 aliphatic heterocycles. The normalized spacial score (nSPS) is 10.8. The number of thiophene rings is 1. The van der Waals surface area contributed by atoms with Crippen molar-refractivity contribution in [1.82, 2.24) is 0 Å². The first-order chi connectivity index (χ1) is 10.8. The number of ketones is 1. The van der Waals surface area contributed by atoms with Gasteiger partial charge in [0.05, 0.1) is 0 Å². The summed E-state index contributed by atoms with van der Waals surface area (Å²) in [6.07, 6.45) is 0. The summed E-state index contributed by atoms with van der Waals surface area (Å²) in [6.45, 7) is 0. The fourth-order valence-electron chi connectivity index (χ4n) is 1.91. The zero-order chi connectivity index (χ0) is 15.2. The van der Waals surface area contributed by atoms with E-state index >= 15 is 0 Å². The van der Waals surface area contributed by atoms with Gasteiger partial charge in [-0.2, -0.15) is 0 Å². The minimum atomic E-state index is 0.114. The van der Waals surface area contributed by atoms with Crippen LogP contribution in [0.15, 0.2) is 78.2 Å². The van der Waals surface area contributed by atoms with Gasteiger partial charge in [0.2, 0.25) is 0 Å². The van der Waals surface area contributed by atoms with Gasteiger partial charge in [-0.3, -0.25) is 0 Å². The number of Topliss-reactive ketones (excluding diaryl/α,β-unsaturated/α-hetero) is 1. The van der Waals surface area contributed by atoms with Crippen LogP contribution in [0.4, 0.5) is 0 Å². The second kappa shape index (κ2) is 7.92. The SMILES string of the molecule is O=C(c1cccs1)C([Se]c1ccccc1)[Se]c1ccccc1. The van der Waals surface area contributed by atoms with Crippen LogP contribution >= 0.6 is 11.3 Å². The summed E-state index contributed by atoms with van der Waals surface area (Å²) in [5, 5.41) is 1.98. The number of hydrogen-bond acceptors (Lipinski definition) is 2. The number of rotatable bonds is 6. The molecule has 2 aromatic carbocycles. The third kappa shape index (κ3) is 4.19. The van der Waals surface area contributed by atoms with E-state index in [0.29, 0.717) is 5.78 Å². The van der Waals surface area contributed by atoms with Crippen LogP contribution in [0.25, 0.3) is 0 Å². The average molecular weight is 436 g/mol. The van der Waals surface area contributed by atoms with Gasteiger partial charge in [-0.05, 0) is 0 Å². The molecule has 0 bridgehead atoms. The molecule has 0 spiro atoms. The van der Waals surface area contributed by atoms with Crippen LogP contribution in [-0.2, 0) is 0 Å². The summed E-state index contributed by atoms with van der Waals surface area (Å²) >= 11 is 1.88. The van der Waals surface area contributed by atoms with E-state index in [1.54, 1.807) is 11.3 Å². The molecular weight excluding hydrogens is 422 g/mol. The van der Waals surface area contributed by atoms with Crippen molar-refractivity contribution in [2.45, 2.75) is 3.71 Å². The molecular formula is C18H14OSSe2. The van der Waals surface area contributed by atoms with E-state index in [-0.39, 0.29) is 33.6 Å². The molecule has 1 heterocycles. The summed E-state index contributed by atoms with van der Waals surface area (Å²) in [6, 6.07) is 24.7. The molecule has 0 fully saturated rings.